The maximum atomic E-state index is 12.3. The highest BCUT2D eigenvalue weighted by atomic mass is 32.2. The summed E-state index contributed by atoms with van der Waals surface area (Å²) in [7, 11) is 0. The van der Waals surface area contributed by atoms with Crippen LogP contribution in [0.4, 0.5) is 0 Å². The van der Waals surface area contributed by atoms with Gasteiger partial charge in [-0.2, -0.15) is 0 Å². The van der Waals surface area contributed by atoms with Gasteiger partial charge in [-0.3, -0.25) is 4.79 Å². The van der Waals surface area contributed by atoms with Crippen molar-refractivity contribution in [2.24, 2.45) is 0 Å². The van der Waals surface area contributed by atoms with Gasteiger partial charge in [0.15, 0.2) is 5.78 Å². The maximum Gasteiger partial charge on any atom is 0.210 e. The number of nitrogen functional groups attached to an aromatic ring is 1. The molecule has 0 fully saturated rings. The Labute approximate surface area is 119 Å². The lowest BCUT2D eigenvalue weighted by Gasteiger charge is -2.00. The van der Waals surface area contributed by atoms with E-state index in [2.05, 4.69) is 15.2 Å². The summed E-state index contributed by atoms with van der Waals surface area (Å²) >= 11 is 1.28. The van der Waals surface area contributed by atoms with Gasteiger partial charge < -0.3 is 10.8 Å². The molecule has 2 aromatic heterocycles. The van der Waals surface area contributed by atoms with Crippen LogP contribution in [0.2, 0.25) is 0 Å². The van der Waals surface area contributed by atoms with E-state index in [4.69, 9.17) is 5.84 Å². The topological polar surface area (TPSA) is 89.6 Å². The van der Waals surface area contributed by atoms with E-state index in [0.29, 0.717) is 16.5 Å². The van der Waals surface area contributed by atoms with E-state index in [-0.39, 0.29) is 11.5 Å². The summed E-state index contributed by atoms with van der Waals surface area (Å²) < 4.78 is 1.38. The van der Waals surface area contributed by atoms with E-state index in [0.717, 1.165) is 10.9 Å². The molecule has 7 heteroatoms. The first-order valence-corrected chi connectivity index (χ1v) is 7.04. The minimum Gasteiger partial charge on any atom is -0.360 e. The first kappa shape index (κ1) is 12.7. The van der Waals surface area contributed by atoms with Gasteiger partial charge in [-0.15, -0.1) is 10.2 Å². The summed E-state index contributed by atoms with van der Waals surface area (Å²) in [6, 6.07) is 7.72. The lowest BCUT2D eigenvalue weighted by atomic mass is 10.1. The molecule has 0 unspecified atom stereocenters. The quantitative estimate of drug-likeness (QED) is 0.433. The van der Waals surface area contributed by atoms with Gasteiger partial charge in [-0.05, 0) is 13.0 Å². The molecule has 0 aliphatic rings. The summed E-state index contributed by atoms with van der Waals surface area (Å²) in [5.74, 6) is 6.68. The fourth-order valence-electron chi connectivity index (χ4n) is 1.96. The highest BCUT2D eigenvalue weighted by Gasteiger charge is 2.14. The lowest BCUT2D eigenvalue weighted by molar-refractivity contribution is 0.102. The second-order valence-electron chi connectivity index (χ2n) is 4.36. The molecule has 0 saturated heterocycles. The SMILES string of the molecule is Cc1nnc(SCC(=O)c2c[nH]c3ccccc23)n1N. The number of para-hydroxylation sites is 1. The number of aromatic nitrogens is 4. The average molecular weight is 287 g/mol. The van der Waals surface area contributed by atoms with Crippen molar-refractivity contribution in [2.45, 2.75) is 12.1 Å². The van der Waals surface area contributed by atoms with Gasteiger partial charge in [0.05, 0.1) is 5.75 Å². The van der Waals surface area contributed by atoms with Gasteiger partial charge in [-0.1, -0.05) is 30.0 Å². The summed E-state index contributed by atoms with van der Waals surface area (Å²) in [6.45, 7) is 1.76. The normalized spacial score (nSPS) is 11.1. The van der Waals surface area contributed by atoms with Gasteiger partial charge in [0.2, 0.25) is 5.16 Å². The number of carbonyl (C=O) groups is 1. The van der Waals surface area contributed by atoms with Gasteiger partial charge >= 0.3 is 0 Å². The van der Waals surface area contributed by atoms with Gasteiger partial charge in [0.1, 0.15) is 5.82 Å². The molecule has 0 amide bonds. The number of benzene rings is 1. The van der Waals surface area contributed by atoms with E-state index in [1.807, 2.05) is 24.3 Å². The number of nitrogens with one attached hydrogen (secondary N) is 1. The predicted molar refractivity (Wildman–Crippen MR) is 78.3 cm³/mol. The largest absolute Gasteiger partial charge is 0.360 e. The summed E-state index contributed by atoms with van der Waals surface area (Å²) in [4.78, 5) is 15.4. The molecule has 6 nitrogen and oxygen atoms in total. The Morgan fingerprint density at radius 2 is 2.20 bits per heavy atom. The lowest BCUT2D eigenvalue weighted by Crippen LogP contribution is -2.12. The number of aryl methyl sites for hydroxylation is 1. The first-order chi connectivity index (χ1) is 9.66. The third-order valence-electron chi connectivity index (χ3n) is 3.06. The second-order valence-corrected chi connectivity index (χ2v) is 5.30. The number of fused-ring (bicyclic) bond motifs is 1. The third-order valence-corrected chi connectivity index (χ3v) is 4.00. The zero-order valence-electron chi connectivity index (χ0n) is 10.8. The first-order valence-electron chi connectivity index (χ1n) is 6.06. The molecule has 0 spiro atoms. The summed E-state index contributed by atoms with van der Waals surface area (Å²) in [5, 5.41) is 9.25. The molecule has 0 aliphatic heterocycles. The van der Waals surface area contributed by atoms with E-state index in [1.165, 1.54) is 16.4 Å². The molecule has 0 radical (unpaired) electrons. The molecule has 102 valence electrons. The van der Waals surface area contributed by atoms with Crippen molar-refractivity contribution in [3.05, 3.63) is 41.9 Å². The smallest absolute Gasteiger partial charge is 0.210 e. The molecule has 1 aromatic carbocycles. The highest BCUT2D eigenvalue weighted by Crippen LogP contribution is 2.21. The highest BCUT2D eigenvalue weighted by molar-refractivity contribution is 7.99. The van der Waals surface area contributed by atoms with E-state index < -0.39 is 0 Å². The van der Waals surface area contributed by atoms with Crippen LogP contribution in [0.25, 0.3) is 10.9 Å². The van der Waals surface area contributed by atoms with Crippen molar-refractivity contribution in [1.29, 1.82) is 0 Å². The Morgan fingerprint density at radius 1 is 1.40 bits per heavy atom. The van der Waals surface area contributed by atoms with Crippen LogP contribution < -0.4 is 5.84 Å². The van der Waals surface area contributed by atoms with Crippen LogP contribution >= 0.6 is 11.8 Å². The van der Waals surface area contributed by atoms with Gasteiger partial charge in [0.25, 0.3) is 0 Å². The molecule has 0 bridgehead atoms. The Kier molecular flexibility index (Phi) is 3.19. The number of hydrogen-bond donors (Lipinski definition) is 2. The Hall–Kier alpha value is -2.28. The van der Waals surface area contributed by atoms with Crippen molar-refractivity contribution in [3.63, 3.8) is 0 Å². The Morgan fingerprint density at radius 3 is 2.95 bits per heavy atom. The number of hydrogen-bond acceptors (Lipinski definition) is 5. The van der Waals surface area contributed by atoms with Crippen molar-refractivity contribution in [3.8, 4) is 0 Å². The molecule has 0 atom stereocenters. The Balaban J connectivity index is 1.78. The van der Waals surface area contributed by atoms with Gasteiger partial charge in [0, 0.05) is 22.7 Å². The summed E-state index contributed by atoms with van der Waals surface area (Å²) in [5.41, 5.74) is 1.64. The minimum atomic E-state index is 0.0353. The van der Waals surface area contributed by atoms with Crippen LogP contribution in [0, 0.1) is 6.92 Å². The number of nitrogens with zero attached hydrogens (tertiary/aromatic N) is 3. The number of nitrogens with two attached hydrogens (primary N) is 1. The number of Topliss-reactive ketones (excluding diaryl/α,β-unsaturated/α-hetero) is 1. The van der Waals surface area contributed by atoms with Gasteiger partial charge in [-0.25, -0.2) is 4.68 Å². The molecule has 0 saturated carbocycles. The van der Waals surface area contributed by atoms with Crippen LogP contribution in [-0.4, -0.2) is 31.4 Å². The van der Waals surface area contributed by atoms with Crippen LogP contribution in [0.15, 0.2) is 35.6 Å². The minimum absolute atomic E-state index is 0.0353. The van der Waals surface area contributed by atoms with Crippen LogP contribution in [0.5, 0.6) is 0 Å². The van der Waals surface area contributed by atoms with Crippen molar-refractivity contribution < 1.29 is 4.79 Å². The average Bonchev–Trinajstić information content (AvgIpc) is 3.02. The molecule has 20 heavy (non-hydrogen) atoms. The molecule has 3 N–H and O–H groups in total. The summed E-state index contributed by atoms with van der Waals surface area (Å²) in [6.07, 6.45) is 1.74. The molecule has 2 heterocycles. The monoisotopic (exact) mass is 287 g/mol. The molecular formula is C13H13N5OS. The fraction of sp³-hybridized carbons (Fsp3) is 0.154. The van der Waals surface area contributed by atoms with E-state index in [9.17, 15) is 4.79 Å². The zero-order chi connectivity index (χ0) is 14.1. The second kappa shape index (κ2) is 5.01. The Bertz CT molecular complexity index is 776. The number of ketones is 1. The number of rotatable bonds is 4. The van der Waals surface area contributed by atoms with Crippen LogP contribution in [0.1, 0.15) is 16.2 Å². The molecular weight excluding hydrogens is 274 g/mol. The van der Waals surface area contributed by atoms with Crippen molar-refractivity contribution >= 4 is 28.4 Å². The van der Waals surface area contributed by atoms with E-state index in [1.54, 1.807) is 13.1 Å². The number of carbonyl (C=O) groups excluding carboxylic acids is 1. The fourth-order valence-corrected chi connectivity index (χ4v) is 2.74. The standard InChI is InChI=1S/C13H13N5OS/c1-8-16-17-13(18(8)14)20-7-12(19)10-6-15-11-5-3-2-4-9(10)11/h2-6,15H,7,14H2,1H3. The number of aromatic amines is 1. The molecule has 3 aromatic rings. The van der Waals surface area contributed by atoms with Crippen LogP contribution in [0.3, 0.4) is 0 Å². The predicted octanol–water partition coefficient (Wildman–Crippen LogP) is 1.76. The zero-order valence-corrected chi connectivity index (χ0v) is 11.6. The number of thioether (sulfide) groups is 1. The van der Waals surface area contributed by atoms with Crippen molar-refractivity contribution in [1.82, 2.24) is 19.9 Å². The van der Waals surface area contributed by atoms with Crippen molar-refractivity contribution in [2.75, 3.05) is 11.6 Å². The molecule has 0 aliphatic carbocycles. The molecule has 3 rings (SSSR count). The third kappa shape index (κ3) is 2.16. The number of H-pyrrole nitrogens is 1. The maximum absolute atomic E-state index is 12.3. The van der Waals surface area contributed by atoms with Crippen LogP contribution in [-0.2, 0) is 0 Å². The van der Waals surface area contributed by atoms with E-state index >= 15 is 0 Å².